The van der Waals surface area contributed by atoms with Crippen LogP contribution in [-0.4, -0.2) is 17.5 Å². The first-order valence-electron chi connectivity index (χ1n) is 8.89. The van der Waals surface area contributed by atoms with E-state index < -0.39 is 0 Å². The summed E-state index contributed by atoms with van der Waals surface area (Å²) in [7, 11) is 0. The summed E-state index contributed by atoms with van der Waals surface area (Å²) in [5, 5.41) is 7.19. The van der Waals surface area contributed by atoms with Gasteiger partial charge in [-0.3, -0.25) is 9.59 Å². The second-order valence-corrected chi connectivity index (χ2v) is 6.85. The van der Waals surface area contributed by atoms with E-state index in [1.165, 1.54) is 6.42 Å². The Hall–Kier alpha value is -2.17. The lowest BCUT2D eigenvalue weighted by Crippen LogP contribution is -2.24. The predicted octanol–water partition coefficient (Wildman–Crippen LogP) is 3.46. The number of hydrogen-bond acceptors (Lipinski definition) is 3. The Morgan fingerprint density at radius 2 is 1.71 bits per heavy atom. The van der Waals surface area contributed by atoms with Crippen molar-refractivity contribution in [3.63, 3.8) is 0 Å². The lowest BCUT2D eigenvalue weighted by Gasteiger charge is -2.20. The Bertz CT molecular complexity index is 644. The summed E-state index contributed by atoms with van der Waals surface area (Å²) in [6, 6.07) is 7.62. The molecular formula is C19H25N3O2. The molecule has 2 aliphatic rings. The van der Waals surface area contributed by atoms with Gasteiger partial charge in [0.05, 0.1) is 5.71 Å². The van der Waals surface area contributed by atoms with E-state index >= 15 is 0 Å². The molecule has 2 aliphatic carbocycles. The fourth-order valence-corrected chi connectivity index (χ4v) is 3.07. The van der Waals surface area contributed by atoms with Crippen LogP contribution >= 0.6 is 0 Å². The minimum atomic E-state index is -0.00361. The van der Waals surface area contributed by atoms with Gasteiger partial charge < -0.3 is 5.32 Å². The van der Waals surface area contributed by atoms with Gasteiger partial charge in [0.2, 0.25) is 11.8 Å². The van der Waals surface area contributed by atoms with Crippen LogP contribution < -0.4 is 10.7 Å². The van der Waals surface area contributed by atoms with Crippen molar-refractivity contribution in [3.8, 4) is 0 Å². The van der Waals surface area contributed by atoms with Gasteiger partial charge in [-0.15, -0.1) is 0 Å². The lowest BCUT2D eigenvalue weighted by atomic mass is 9.88. The Labute approximate surface area is 142 Å². The van der Waals surface area contributed by atoms with Gasteiger partial charge in [0, 0.05) is 17.5 Å². The maximum Gasteiger partial charge on any atom is 0.243 e. The summed E-state index contributed by atoms with van der Waals surface area (Å²) in [6.45, 7) is 1.86. The summed E-state index contributed by atoms with van der Waals surface area (Å²) >= 11 is 0. The van der Waals surface area contributed by atoms with E-state index in [1.807, 2.05) is 31.2 Å². The summed E-state index contributed by atoms with van der Waals surface area (Å²) in [5.41, 5.74) is 5.03. The predicted molar refractivity (Wildman–Crippen MR) is 94.7 cm³/mol. The van der Waals surface area contributed by atoms with Crippen LogP contribution in [0.4, 0.5) is 5.69 Å². The number of benzene rings is 1. The second-order valence-electron chi connectivity index (χ2n) is 6.85. The number of nitrogens with one attached hydrogen (secondary N) is 2. The highest BCUT2D eigenvalue weighted by Crippen LogP contribution is 2.28. The Balaban J connectivity index is 1.61. The van der Waals surface area contributed by atoms with E-state index in [4.69, 9.17) is 0 Å². The maximum absolute atomic E-state index is 12.3. The third-order valence-electron chi connectivity index (χ3n) is 4.81. The van der Waals surface area contributed by atoms with Crippen LogP contribution in [0.25, 0.3) is 0 Å². The first-order valence-corrected chi connectivity index (χ1v) is 8.89. The van der Waals surface area contributed by atoms with Crippen LogP contribution in [-0.2, 0) is 9.59 Å². The highest BCUT2D eigenvalue weighted by atomic mass is 16.2. The fraction of sp³-hybridized carbons (Fsp3) is 0.526. The van der Waals surface area contributed by atoms with E-state index in [0.29, 0.717) is 0 Å². The van der Waals surface area contributed by atoms with Crippen LogP contribution in [0.3, 0.4) is 0 Å². The molecule has 1 aromatic carbocycles. The number of nitrogens with zero attached hydrogens (tertiary/aromatic N) is 1. The standard InChI is InChI=1S/C19H25N3O2/c1-13(21-22-19(24)15-10-11-15)16-8-5-9-17(12-16)20-18(23)14-6-3-2-4-7-14/h5,8-9,12,14-15H,2-4,6-7,10-11H2,1H3,(H,20,23)(H,22,24). The molecule has 128 valence electrons. The number of rotatable bonds is 5. The largest absolute Gasteiger partial charge is 0.326 e. The molecule has 0 atom stereocenters. The number of carbonyl (C=O) groups is 2. The van der Waals surface area contributed by atoms with Crippen molar-refractivity contribution >= 4 is 23.2 Å². The average molecular weight is 327 g/mol. The number of anilines is 1. The van der Waals surface area contributed by atoms with Gasteiger partial charge in [-0.05, 0) is 50.3 Å². The third kappa shape index (κ3) is 4.43. The van der Waals surface area contributed by atoms with Crippen molar-refractivity contribution in [2.24, 2.45) is 16.9 Å². The van der Waals surface area contributed by atoms with E-state index in [2.05, 4.69) is 15.8 Å². The monoisotopic (exact) mass is 327 g/mol. The molecule has 0 aromatic heterocycles. The quantitative estimate of drug-likeness (QED) is 0.642. The van der Waals surface area contributed by atoms with Crippen molar-refractivity contribution in [1.82, 2.24) is 5.43 Å². The van der Waals surface area contributed by atoms with Gasteiger partial charge in [0.1, 0.15) is 0 Å². The summed E-state index contributed by atoms with van der Waals surface area (Å²) < 4.78 is 0. The van der Waals surface area contributed by atoms with Crippen LogP contribution in [0.15, 0.2) is 29.4 Å². The molecule has 2 fully saturated rings. The van der Waals surface area contributed by atoms with E-state index in [1.54, 1.807) is 0 Å². The second kappa shape index (κ2) is 7.60. The van der Waals surface area contributed by atoms with Crippen molar-refractivity contribution in [2.75, 3.05) is 5.32 Å². The summed E-state index contributed by atoms with van der Waals surface area (Å²) in [6.07, 6.45) is 7.42. The summed E-state index contributed by atoms with van der Waals surface area (Å²) in [5.74, 6) is 0.386. The molecule has 0 spiro atoms. The van der Waals surface area contributed by atoms with Crippen molar-refractivity contribution in [3.05, 3.63) is 29.8 Å². The number of amides is 2. The molecule has 0 aliphatic heterocycles. The molecule has 24 heavy (non-hydrogen) atoms. The molecule has 5 nitrogen and oxygen atoms in total. The minimum Gasteiger partial charge on any atom is -0.326 e. The zero-order valence-corrected chi connectivity index (χ0v) is 14.2. The Kier molecular flexibility index (Phi) is 5.28. The first kappa shape index (κ1) is 16.7. The minimum absolute atomic E-state index is 0.00361. The molecule has 5 heteroatoms. The van der Waals surface area contributed by atoms with Crippen LogP contribution in [0.5, 0.6) is 0 Å². The first-order chi connectivity index (χ1) is 11.6. The van der Waals surface area contributed by atoms with Crippen molar-refractivity contribution in [1.29, 1.82) is 0 Å². The van der Waals surface area contributed by atoms with Crippen LogP contribution in [0, 0.1) is 11.8 Å². The van der Waals surface area contributed by atoms with Gasteiger partial charge in [0.15, 0.2) is 0 Å². The van der Waals surface area contributed by atoms with Crippen molar-refractivity contribution < 1.29 is 9.59 Å². The molecular weight excluding hydrogens is 302 g/mol. The molecule has 1 aromatic rings. The number of hydrazone groups is 1. The summed E-state index contributed by atoms with van der Waals surface area (Å²) in [4.78, 5) is 24.0. The maximum atomic E-state index is 12.3. The van der Waals surface area contributed by atoms with Gasteiger partial charge in [-0.25, -0.2) is 5.43 Å². The van der Waals surface area contributed by atoms with Crippen molar-refractivity contribution in [2.45, 2.75) is 51.9 Å². The third-order valence-corrected chi connectivity index (χ3v) is 4.81. The normalized spacial score (nSPS) is 19.0. The smallest absolute Gasteiger partial charge is 0.243 e. The average Bonchev–Trinajstić information content (AvgIpc) is 3.45. The topological polar surface area (TPSA) is 70.6 Å². The zero-order valence-electron chi connectivity index (χ0n) is 14.2. The molecule has 0 radical (unpaired) electrons. The van der Waals surface area contributed by atoms with Crippen LogP contribution in [0.1, 0.15) is 57.4 Å². The SMILES string of the molecule is CC(=NNC(=O)C1CC1)c1cccc(NC(=O)C2CCCCC2)c1. The molecule has 0 heterocycles. The molecule has 3 rings (SSSR count). The van der Waals surface area contributed by atoms with E-state index in [9.17, 15) is 9.59 Å². The molecule has 2 N–H and O–H groups in total. The molecule has 2 amide bonds. The molecule has 0 saturated heterocycles. The molecule has 2 saturated carbocycles. The highest BCUT2D eigenvalue weighted by Gasteiger charge is 2.29. The number of carbonyl (C=O) groups excluding carboxylic acids is 2. The van der Waals surface area contributed by atoms with Gasteiger partial charge >= 0.3 is 0 Å². The number of hydrogen-bond donors (Lipinski definition) is 2. The zero-order chi connectivity index (χ0) is 16.9. The van der Waals surface area contributed by atoms with E-state index in [0.717, 1.165) is 55.5 Å². The Morgan fingerprint density at radius 3 is 2.42 bits per heavy atom. The highest BCUT2D eigenvalue weighted by molar-refractivity contribution is 6.01. The Morgan fingerprint density at radius 1 is 1.00 bits per heavy atom. The van der Waals surface area contributed by atoms with Gasteiger partial charge in [-0.2, -0.15) is 5.10 Å². The fourth-order valence-electron chi connectivity index (χ4n) is 3.07. The lowest BCUT2D eigenvalue weighted by molar-refractivity contribution is -0.122. The van der Waals surface area contributed by atoms with Gasteiger partial charge in [0.25, 0.3) is 0 Å². The molecule has 0 bridgehead atoms. The molecule has 0 unspecified atom stereocenters. The van der Waals surface area contributed by atoms with Crippen LogP contribution in [0.2, 0.25) is 0 Å². The van der Waals surface area contributed by atoms with E-state index in [-0.39, 0.29) is 23.7 Å². The van der Waals surface area contributed by atoms with Gasteiger partial charge in [-0.1, -0.05) is 31.4 Å².